The van der Waals surface area contributed by atoms with E-state index < -0.39 is 21.2 Å². The fourth-order valence-electron chi connectivity index (χ4n) is 3.27. The fraction of sp³-hybridized carbons (Fsp3) is 0.385. The van der Waals surface area contributed by atoms with Crippen molar-refractivity contribution in [3.05, 3.63) is 58.9 Å². The van der Waals surface area contributed by atoms with Crippen molar-refractivity contribution < 1.29 is 27.2 Å². The number of rotatable bonds is 11. The minimum atomic E-state index is -4.07. The van der Waals surface area contributed by atoms with E-state index in [1.54, 1.807) is 36.6 Å². The number of halogens is 1. The number of hydrogen-bond acceptors (Lipinski definition) is 8. The summed E-state index contributed by atoms with van der Waals surface area (Å²) in [6, 6.07) is 11.4. The van der Waals surface area contributed by atoms with Gasteiger partial charge in [-0.15, -0.1) is 0 Å². The van der Waals surface area contributed by atoms with Gasteiger partial charge in [-0.1, -0.05) is 62.6 Å². The Morgan fingerprint density at radius 1 is 1.11 bits per heavy atom. The van der Waals surface area contributed by atoms with Crippen molar-refractivity contribution in [2.75, 3.05) is 30.4 Å². The van der Waals surface area contributed by atoms with Crippen LogP contribution in [-0.2, 0) is 33.0 Å². The minimum Gasteiger partial charge on any atom is -0.616 e. The summed E-state index contributed by atoms with van der Waals surface area (Å²) in [7, 11) is -2.58. The maximum absolute atomic E-state index is 13.4. The van der Waals surface area contributed by atoms with Gasteiger partial charge >= 0.3 is 0 Å². The Labute approximate surface area is 232 Å². The van der Waals surface area contributed by atoms with E-state index in [0.717, 1.165) is 5.56 Å². The molecule has 9 nitrogen and oxygen atoms in total. The van der Waals surface area contributed by atoms with E-state index in [4.69, 9.17) is 25.8 Å². The summed E-state index contributed by atoms with van der Waals surface area (Å²) in [6.45, 7) is 8.02. The molecular formula is C26H32ClN3O6S2. The van der Waals surface area contributed by atoms with Gasteiger partial charge < -0.3 is 18.8 Å². The van der Waals surface area contributed by atoms with Crippen LogP contribution in [0.15, 0.2) is 47.4 Å². The summed E-state index contributed by atoms with van der Waals surface area (Å²) < 4.78 is 58.0. The predicted octanol–water partition coefficient (Wildman–Crippen LogP) is 5.35. The molecule has 0 spiro atoms. The standard InChI is InChI=1S/C26H32ClN3O6S2/c1-7-22-28-24(30-38(32,33)19-11-8-17(9-12-19)26(2,3)4)23(25(29-22)35-14-15-37(6)31)36-21-16-18(34-5)10-13-20(21)27/h8-13,16H,7,14-15H2,1-6H3,(H,28,29,30). The minimum absolute atomic E-state index is 0.0121. The molecule has 0 radical (unpaired) electrons. The van der Waals surface area contributed by atoms with E-state index in [9.17, 15) is 13.0 Å². The van der Waals surface area contributed by atoms with Crippen LogP contribution in [0.4, 0.5) is 5.82 Å². The van der Waals surface area contributed by atoms with Crippen LogP contribution in [-0.4, -0.2) is 48.7 Å². The van der Waals surface area contributed by atoms with Gasteiger partial charge in [-0.2, -0.15) is 4.98 Å². The Kier molecular flexibility index (Phi) is 9.74. The Bertz CT molecular complexity index is 1360. The molecule has 206 valence electrons. The van der Waals surface area contributed by atoms with Crippen LogP contribution in [0.1, 0.15) is 39.1 Å². The van der Waals surface area contributed by atoms with Crippen LogP contribution in [0.3, 0.4) is 0 Å². The number of hydrogen-bond donors (Lipinski definition) is 1. The molecule has 12 heteroatoms. The molecule has 0 aliphatic carbocycles. The first-order valence-corrected chi connectivity index (χ1v) is 15.4. The highest BCUT2D eigenvalue weighted by molar-refractivity contribution is 7.92. The lowest BCUT2D eigenvalue weighted by Gasteiger charge is -2.20. The van der Waals surface area contributed by atoms with Crippen molar-refractivity contribution in [1.29, 1.82) is 0 Å². The Morgan fingerprint density at radius 2 is 1.79 bits per heavy atom. The number of nitrogens with zero attached hydrogens (tertiary/aromatic N) is 2. The van der Waals surface area contributed by atoms with Gasteiger partial charge in [0.15, 0.2) is 5.82 Å². The molecule has 0 saturated carbocycles. The van der Waals surface area contributed by atoms with E-state index in [-0.39, 0.29) is 50.9 Å². The molecule has 0 aliphatic heterocycles. The molecule has 3 rings (SSSR count). The summed E-state index contributed by atoms with van der Waals surface area (Å²) in [5, 5.41) is 0.248. The van der Waals surface area contributed by atoms with E-state index in [1.807, 2.05) is 27.7 Å². The number of aromatic nitrogens is 2. The van der Waals surface area contributed by atoms with Gasteiger partial charge in [0.1, 0.15) is 29.7 Å². The molecule has 1 unspecified atom stereocenters. The zero-order valence-corrected chi connectivity index (χ0v) is 24.6. The van der Waals surface area contributed by atoms with Crippen LogP contribution < -0.4 is 18.9 Å². The molecule has 3 aromatic rings. The van der Waals surface area contributed by atoms with Crippen molar-refractivity contribution in [1.82, 2.24) is 9.97 Å². The van der Waals surface area contributed by atoms with Gasteiger partial charge in [-0.05, 0) is 35.2 Å². The molecule has 1 aromatic heterocycles. The van der Waals surface area contributed by atoms with Crippen LogP contribution in [0.2, 0.25) is 5.02 Å². The van der Waals surface area contributed by atoms with E-state index in [1.165, 1.54) is 19.2 Å². The third kappa shape index (κ3) is 7.66. The van der Waals surface area contributed by atoms with Crippen molar-refractivity contribution >= 4 is 38.6 Å². The van der Waals surface area contributed by atoms with Crippen LogP contribution in [0.5, 0.6) is 23.1 Å². The number of methoxy groups -OCH3 is 1. The Hall–Kier alpha value is -2.73. The number of anilines is 1. The molecule has 0 saturated heterocycles. The van der Waals surface area contributed by atoms with Gasteiger partial charge in [0, 0.05) is 12.5 Å². The maximum atomic E-state index is 13.4. The Morgan fingerprint density at radius 3 is 2.37 bits per heavy atom. The number of aryl methyl sites for hydroxylation is 1. The lowest BCUT2D eigenvalue weighted by molar-refractivity contribution is 0.307. The van der Waals surface area contributed by atoms with Gasteiger partial charge in [-0.25, -0.2) is 13.4 Å². The predicted molar refractivity (Wildman–Crippen MR) is 150 cm³/mol. The van der Waals surface area contributed by atoms with E-state index in [0.29, 0.717) is 18.0 Å². The number of nitrogens with one attached hydrogen (secondary N) is 1. The molecule has 0 aliphatic rings. The molecule has 38 heavy (non-hydrogen) atoms. The fourth-order valence-corrected chi connectivity index (χ4v) is 4.75. The summed E-state index contributed by atoms with van der Waals surface area (Å²) >= 11 is 5.24. The van der Waals surface area contributed by atoms with Gasteiger partial charge in [0.05, 0.1) is 23.3 Å². The monoisotopic (exact) mass is 581 g/mol. The SMILES string of the molecule is CCc1nc(NS(=O)(=O)c2ccc(C(C)(C)C)cc2)c(Oc2cc(OC)ccc2Cl)c(OCC[S+](C)[O-])n1. The number of benzene rings is 2. The molecule has 2 aromatic carbocycles. The van der Waals surface area contributed by atoms with Crippen molar-refractivity contribution in [3.63, 3.8) is 0 Å². The van der Waals surface area contributed by atoms with Crippen LogP contribution >= 0.6 is 11.6 Å². The van der Waals surface area contributed by atoms with E-state index >= 15 is 0 Å². The summed E-state index contributed by atoms with van der Waals surface area (Å²) in [5.74, 6) is 0.992. The smallest absolute Gasteiger partial charge is 0.263 e. The van der Waals surface area contributed by atoms with Crippen LogP contribution in [0.25, 0.3) is 0 Å². The second-order valence-corrected chi connectivity index (χ2v) is 13.0. The molecule has 0 fully saturated rings. The zero-order valence-electron chi connectivity index (χ0n) is 22.2. The first-order valence-electron chi connectivity index (χ1n) is 11.8. The first kappa shape index (κ1) is 29.8. The lowest BCUT2D eigenvalue weighted by Crippen LogP contribution is -2.18. The average molecular weight is 582 g/mol. The molecular weight excluding hydrogens is 550 g/mol. The van der Waals surface area contributed by atoms with Gasteiger partial charge in [0.25, 0.3) is 15.9 Å². The third-order valence-corrected chi connectivity index (χ3v) is 7.83. The Balaban J connectivity index is 2.09. The maximum Gasteiger partial charge on any atom is 0.263 e. The lowest BCUT2D eigenvalue weighted by atomic mass is 9.87. The summed E-state index contributed by atoms with van der Waals surface area (Å²) in [6.07, 6.45) is 1.95. The second kappa shape index (κ2) is 12.4. The highest BCUT2D eigenvalue weighted by Crippen LogP contribution is 2.41. The zero-order chi connectivity index (χ0) is 28.1. The topological polar surface area (TPSA) is 123 Å². The highest BCUT2D eigenvalue weighted by atomic mass is 35.5. The largest absolute Gasteiger partial charge is 0.616 e. The quantitative estimate of drug-likeness (QED) is 0.301. The summed E-state index contributed by atoms with van der Waals surface area (Å²) in [4.78, 5) is 8.83. The van der Waals surface area contributed by atoms with Crippen LogP contribution in [0, 0.1) is 0 Å². The van der Waals surface area contributed by atoms with E-state index in [2.05, 4.69) is 14.7 Å². The highest BCUT2D eigenvalue weighted by Gasteiger charge is 2.25. The molecule has 1 atom stereocenters. The van der Waals surface area contributed by atoms with Gasteiger partial charge in [0.2, 0.25) is 5.75 Å². The molecule has 0 amide bonds. The first-order chi connectivity index (χ1) is 17.8. The second-order valence-electron chi connectivity index (χ2n) is 9.38. The van der Waals surface area contributed by atoms with Crippen molar-refractivity contribution in [3.8, 4) is 23.1 Å². The average Bonchev–Trinajstić information content (AvgIpc) is 2.85. The molecule has 0 bridgehead atoms. The third-order valence-electron chi connectivity index (χ3n) is 5.42. The molecule has 1 N–H and O–H groups in total. The number of sulfonamides is 1. The summed E-state index contributed by atoms with van der Waals surface area (Å²) in [5.41, 5.74) is 0.858. The van der Waals surface area contributed by atoms with Gasteiger partial charge in [-0.3, -0.25) is 4.72 Å². The van der Waals surface area contributed by atoms with Crippen molar-refractivity contribution in [2.45, 2.75) is 44.4 Å². The van der Waals surface area contributed by atoms with Crippen molar-refractivity contribution in [2.24, 2.45) is 0 Å². The molecule has 1 heterocycles. The normalized spacial score (nSPS) is 12.6. The number of ether oxygens (including phenoxy) is 3.